The van der Waals surface area contributed by atoms with Crippen LogP contribution in [0.2, 0.25) is 0 Å². The van der Waals surface area contributed by atoms with E-state index in [4.69, 9.17) is 14.2 Å². The van der Waals surface area contributed by atoms with Crippen LogP contribution in [0, 0.1) is 0 Å². The minimum Gasteiger partial charge on any atom is -0.493 e. The van der Waals surface area contributed by atoms with Crippen molar-refractivity contribution in [3.05, 3.63) is 49.1 Å². The maximum absolute atomic E-state index is 11.8. The van der Waals surface area contributed by atoms with Gasteiger partial charge in [0.15, 0.2) is 11.5 Å². The van der Waals surface area contributed by atoms with Crippen molar-refractivity contribution in [2.45, 2.75) is 0 Å². The lowest BCUT2D eigenvalue weighted by molar-refractivity contribution is 0.324. The number of ether oxygens (including phenoxy) is 3. The molecule has 7 nitrogen and oxygen atoms in total. The number of aromatic nitrogens is 2. The third-order valence-electron chi connectivity index (χ3n) is 3.03. The number of methoxy groups -OCH3 is 3. The number of hydrogen-bond donors (Lipinski definition) is 2. The van der Waals surface area contributed by atoms with Crippen molar-refractivity contribution in [3.63, 3.8) is 0 Å². The number of aromatic amines is 2. The molecule has 0 aliphatic rings. The maximum atomic E-state index is 11.8. The van der Waals surface area contributed by atoms with Crippen LogP contribution in [-0.2, 0) is 0 Å². The predicted octanol–water partition coefficient (Wildman–Crippen LogP) is -0.672. The summed E-state index contributed by atoms with van der Waals surface area (Å²) in [6.07, 6.45) is 1.50. The Kier molecular flexibility index (Phi) is 4.36. The van der Waals surface area contributed by atoms with Crippen LogP contribution in [0.3, 0.4) is 0 Å². The van der Waals surface area contributed by atoms with Gasteiger partial charge in [-0.2, -0.15) is 0 Å². The van der Waals surface area contributed by atoms with Crippen LogP contribution < -0.4 is 36.0 Å². The second kappa shape index (κ2) is 6.21. The molecule has 0 fully saturated rings. The van der Waals surface area contributed by atoms with Crippen LogP contribution in [0.5, 0.6) is 17.2 Å². The van der Waals surface area contributed by atoms with Gasteiger partial charge in [-0.15, -0.1) is 0 Å². The van der Waals surface area contributed by atoms with E-state index < -0.39 is 11.1 Å². The van der Waals surface area contributed by atoms with Gasteiger partial charge < -0.3 is 24.2 Å². The van der Waals surface area contributed by atoms with E-state index in [1.54, 1.807) is 12.1 Å². The molecule has 0 aliphatic carbocycles. The highest BCUT2D eigenvalue weighted by Crippen LogP contribution is 2.38. The molecule has 0 amide bonds. The summed E-state index contributed by atoms with van der Waals surface area (Å²) in [5.41, 5.74) is -0.302. The number of benzene rings is 1. The minimum atomic E-state index is -0.460. The van der Waals surface area contributed by atoms with Gasteiger partial charge in [-0.3, -0.25) is 9.59 Å². The van der Waals surface area contributed by atoms with Crippen LogP contribution in [0.4, 0.5) is 0 Å². The van der Waals surface area contributed by atoms with Gasteiger partial charge in [0.25, 0.3) is 11.1 Å². The van der Waals surface area contributed by atoms with Crippen LogP contribution in [0.15, 0.2) is 21.7 Å². The Morgan fingerprint density at radius 1 is 0.955 bits per heavy atom. The summed E-state index contributed by atoms with van der Waals surface area (Å²) in [4.78, 5) is 28.2. The number of hydrogen-bond acceptors (Lipinski definition) is 5. The van der Waals surface area contributed by atoms with E-state index in [1.807, 2.05) is 0 Å². The van der Waals surface area contributed by atoms with Crippen LogP contribution in [-0.4, -0.2) is 31.3 Å². The van der Waals surface area contributed by atoms with Crippen molar-refractivity contribution in [2.75, 3.05) is 21.3 Å². The first-order chi connectivity index (χ1) is 10.5. The van der Waals surface area contributed by atoms with Crippen molar-refractivity contribution in [3.8, 4) is 17.2 Å². The molecule has 0 radical (unpaired) electrons. The molecule has 0 unspecified atom stereocenters. The Balaban J connectivity index is 2.71. The summed E-state index contributed by atoms with van der Waals surface area (Å²) >= 11 is 0. The van der Waals surface area contributed by atoms with Gasteiger partial charge in [-0.25, -0.2) is 0 Å². The normalized spacial score (nSPS) is 11.3. The molecule has 22 heavy (non-hydrogen) atoms. The lowest BCUT2D eigenvalue weighted by Gasteiger charge is -2.12. The van der Waals surface area contributed by atoms with Crippen LogP contribution >= 0.6 is 0 Å². The smallest absolute Gasteiger partial charge is 0.272 e. The first kappa shape index (κ1) is 15.4. The van der Waals surface area contributed by atoms with Gasteiger partial charge in [0.2, 0.25) is 5.75 Å². The second-order valence-corrected chi connectivity index (χ2v) is 4.40. The standard InChI is InChI=1S/C15H16N2O5/c1-8-14(18)17-10(15(19)16-8)5-9-6-11(20-2)13(22-4)12(7-9)21-3/h5-7H,1H2,2-4H3,(H,16,19)(H,17,18)/b10-5-. The predicted molar refractivity (Wildman–Crippen MR) is 82.1 cm³/mol. The first-order valence-electron chi connectivity index (χ1n) is 6.33. The SMILES string of the molecule is C=c1[nH]c(=O)/c(=C/c2cc(OC)c(OC)c(OC)c2)[nH]c1=O. The summed E-state index contributed by atoms with van der Waals surface area (Å²) in [6.45, 7) is 3.44. The van der Waals surface area contributed by atoms with Crippen molar-refractivity contribution in [1.82, 2.24) is 9.97 Å². The van der Waals surface area contributed by atoms with E-state index in [9.17, 15) is 9.59 Å². The summed E-state index contributed by atoms with van der Waals surface area (Å²) in [6, 6.07) is 3.33. The van der Waals surface area contributed by atoms with Crippen molar-refractivity contribution in [2.24, 2.45) is 0 Å². The number of H-pyrrole nitrogens is 2. The van der Waals surface area contributed by atoms with E-state index in [2.05, 4.69) is 16.5 Å². The Bertz CT molecular complexity index is 886. The summed E-state index contributed by atoms with van der Waals surface area (Å²) in [7, 11) is 4.49. The van der Waals surface area contributed by atoms with Crippen molar-refractivity contribution in [1.29, 1.82) is 0 Å². The van der Waals surface area contributed by atoms with Gasteiger partial charge in [0.05, 0.1) is 26.7 Å². The molecule has 1 aromatic carbocycles. The summed E-state index contributed by atoms with van der Waals surface area (Å²) in [5, 5.41) is 0.110. The molecule has 0 spiro atoms. The van der Waals surface area contributed by atoms with Crippen molar-refractivity contribution < 1.29 is 14.2 Å². The molecule has 0 aliphatic heterocycles. The van der Waals surface area contributed by atoms with E-state index in [0.717, 1.165) is 0 Å². The molecule has 116 valence electrons. The van der Waals surface area contributed by atoms with E-state index >= 15 is 0 Å². The van der Waals surface area contributed by atoms with E-state index in [-0.39, 0.29) is 10.7 Å². The molecule has 2 N–H and O–H groups in total. The molecule has 1 aromatic heterocycles. The first-order valence-corrected chi connectivity index (χ1v) is 6.33. The van der Waals surface area contributed by atoms with Crippen LogP contribution in [0.1, 0.15) is 5.56 Å². The molecular weight excluding hydrogens is 288 g/mol. The third kappa shape index (κ3) is 2.88. The van der Waals surface area contributed by atoms with Crippen molar-refractivity contribution >= 4 is 12.7 Å². The van der Waals surface area contributed by atoms with Gasteiger partial charge in [-0.1, -0.05) is 6.58 Å². The molecule has 2 rings (SSSR count). The monoisotopic (exact) mass is 304 g/mol. The molecule has 0 saturated heterocycles. The Labute approximate surface area is 125 Å². The van der Waals surface area contributed by atoms with Gasteiger partial charge in [0, 0.05) is 0 Å². The lowest BCUT2D eigenvalue weighted by Crippen LogP contribution is -2.46. The van der Waals surface area contributed by atoms with E-state index in [0.29, 0.717) is 22.8 Å². The maximum Gasteiger partial charge on any atom is 0.272 e. The Morgan fingerprint density at radius 2 is 1.55 bits per heavy atom. The fourth-order valence-electron chi connectivity index (χ4n) is 1.97. The average molecular weight is 304 g/mol. The zero-order valence-corrected chi connectivity index (χ0v) is 12.5. The Morgan fingerprint density at radius 3 is 2.05 bits per heavy atom. The number of nitrogens with one attached hydrogen (secondary N) is 2. The van der Waals surface area contributed by atoms with Gasteiger partial charge in [0.1, 0.15) is 5.35 Å². The van der Waals surface area contributed by atoms with E-state index in [1.165, 1.54) is 27.4 Å². The average Bonchev–Trinajstić information content (AvgIpc) is 2.51. The zero-order valence-electron chi connectivity index (χ0n) is 12.5. The molecule has 0 bridgehead atoms. The minimum absolute atomic E-state index is 0.00652. The zero-order chi connectivity index (χ0) is 16.3. The molecule has 0 atom stereocenters. The number of rotatable bonds is 4. The highest BCUT2D eigenvalue weighted by molar-refractivity contribution is 5.61. The highest BCUT2D eigenvalue weighted by atomic mass is 16.5. The molecule has 2 aromatic rings. The third-order valence-corrected chi connectivity index (χ3v) is 3.03. The molecular formula is C15H16N2O5. The molecule has 0 saturated carbocycles. The molecule has 7 heteroatoms. The second-order valence-electron chi connectivity index (χ2n) is 4.40. The highest BCUT2D eigenvalue weighted by Gasteiger charge is 2.12. The van der Waals surface area contributed by atoms with Gasteiger partial charge >= 0.3 is 0 Å². The topological polar surface area (TPSA) is 93.4 Å². The fraction of sp³-hybridized carbons (Fsp3) is 0.200. The van der Waals surface area contributed by atoms with Crippen LogP contribution in [0.25, 0.3) is 12.7 Å². The Hall–Kier alpha value is -2.96. The quantitative estimate of drug-likeness (QED) is 0.781. The summed E-state index contributed by atoms with van der Waals surface area (Å²) < 4.78 is 15.7. The fourth-order valence-corrected chi connectivity index (χ4v) is 1.97. The van der Waals surface area contributed by atoms with Gasteiger partial charge in [-0.05, 0) is 23.8 Å². The lowest BCUT2D eigenvalue weighted by atomic mass is 10.1. The molecule has 1 heterocycles. The summed E-state index contributed by atoms with van der Waals surface area (Å²) in [5.74, 6) is 1.33. The largest absolute Gasteiger partial charge is 0.493 e.